The van der Waals surface area contributed by atoms with E-state index in [9.17, 15) is 0 Å². The van der Waals surface area contributed by atoms with Gasteiger partial charge in [-0.1, -0.05) is 42.8 Å². The van der Waals surface area contributed by atoms with Crippen molar-refractivity contribution in [1.82, 2.24) is 0 Å². The highest BCUT2D eigenvalue weighted by Gasteiger charge is 2.52. The summed E-state index contributed by atoms with van der Waals surface area (Å²) < 4.78 is 5.47. The SMILES string of the molecule is COc1ccc2c(c1)[C@@]1(C)CC[C@@H](Br)C(C)(C)[C@@H]1CC2. The maximum atomic E-state index is 5.47. The van der Waals surface area contributed by atoms with E-state index < -0.39 is 0 Å². The topological polar surface area (TPSA) is 9.23 Å². The molecule has 1 nitrogen and oxygen atoms in total. The quantitative estimate of drug-likeness (QED) is 0.648. The van der Waals surface area contributed by atoms with Gasteiger partial charge in [-0.15, -0.1) is 0 Å². The molecule has 3 atom stereocenters. The molecule has 1 aromatic rings. The Morgan fingerprint density at radius 2 is 1.95 bits per heavy atom. The second-order valence-corrected chi connectivity index (χ2v) is 8.46. The second kappa shape index (κ2) is 4.76. The molecular weight excluding hydrogens is 312 g/mol. The fourth-order valence-corrected chi connectivity index (χ4v) is 5.31. The molecule has 2 aliphatic carbocycles. The summed E-state index contributed by atoms with van der Waals surface area (Å²) in [6.45, 7) is 7.37. The molecule has 0 aliphatic heterocycles. The first-order valence-corrected chi connectivity index (χ1v) is 8.62. The van der Waals surface area contributed by atoms with Crippen molar-refractivity contribution in [3.05, 3.63) is 29.3 Å². The van der Waals surface area contributed by atoms with Crippen LogP contribution in [-0.4, -0.2) is 11.9 Å². The third kappa shape index (κ3) is 1.94. The Hall–Kier alpha value is -0.500. The summed E-state index contributed by atoms with van der Waals surface area (Å²) in [7, 11) is 1.77. The van der Waals surface area contributed by atoms with Gasteiger partial charge in [0, 0.05) is 4.83 Å². The third-order valence-corrected chi connectivity index (χ3v) is 7.66. The zero-order chi connectivity index (χ0) is 14.5. The van der Waals surface area contributed by atoms with Gasteiger partial charge >= 0.3 is 0 Å². The van der Waals surface area contributed by atoms with Crippen molar-refractivity contribution in [2.75, 3.05) is 7.11 Å². The molecule has 0 amide bonds. The Labute approximate surface area is 131 Å². The van der Waals surface area contributed by atoms with E-state index >= 15 is 0 Å². The zero-order valence-corrected chi connectivity index (χ0v) is 14.6. The Kier molecular flexibility index (Phi) is 3.44. The highest BCUT2D eigenvalue weighted by atomic mass is 79.9. The van der Waals surface area contributed by atoms with Crippen LogP contribution in [0.2, 0.25) is 0 Å². The lowest BCUT2D eigenvalue weighted by molar-refractivity contribution is 0.0491. The number of benzene rings is 1. The van der Waals surface area contributed by atoms with Crippen LogP contribution in [0.15, 0.2) is 18.2 Å². The number of ether oxygens (including phenoxy) is 1. The van der Waals surface area contributed by atoms with E-state index in [4.69, 9.17) is 4.74 Å². The predicted molar refractivity (Wildman–Crippen MR) is 87.9 cm³/mol. The van der Waals surface area contributed by atoms with E-state index in [1.807, 2.05) is 0 Å². The van der Waals surface area contributed by atoms with Crippen molar-refractivity contribution in [3.63, 3.8) is 0 Å². The standard InChI is InChI=1S/C18H25BrO/c1-17(2)15-8-6-12-5-7-13(20-4)11-14(12)18(15,3)10-9-16(17)19/h5,7,11,15-16H,6,8-10H2,1-4H3/t15-,16+,18+/m0/s1. The summed E-state index contributed by atoms with van der Waals surface area (Å²) in [6, 6.07) is 6.69. The predicted octanol–water partition coefficient (Wildman–Crippen LogP) is 5.10. The molecule has 3 rings (SSSR count). The highest BCUT2D eigenvalue weighted by Crippen LogP contribution is 2.58. The van der Waals surface area contributed by atoms with Crippen molar-refractivity contribution >= 4 is 15.9 Å². The van der Waals surface area contributed by atoms with E-state index in [0.717, 1.165) is 11.7 Å². The molecule has 0 aromatic heterocycles. The molecule has 0 unspecified atom stereocenters. The van der Waals surface area contributed by atoms with Gasteiger partial charge < -0.3 is 4.74 Å². The summed E-state index contributed by atoms with van der Waals surface area (Å²) in [5.41, 5.74) is 3.73. The maximum absolute atomic E-state index is 5.47. The Balaban J connectivity index is 2.10. The van der Waals surface area contributed by atoms with Crippen LogP contribution in [-0.2, 0) is 11.8 Å². The summed E-state index contributed by atoms with van der Waals surface area (Å²) in [5, 5.41) is 0. The lowest BCUT2D eigenvalue weighted by Gasteiger charge is -2.56. The lowest BCUT2D eigenvalue weighted by atomic mass is 9.50. The van der Waals surface area contributed by atoms with Crippen LogP contribution in [0.3, 0.4) is 0 Å². The number of hydrogen-bond acceptors (Lipinski definition) is 1. The molecule has 20 heavy (non-hydrogen) atoms. The monoisotopic (exact) mass is 336 g/mol. The number of methoxy groups -OCH3 is 1. The van der Waals surface area contributed by atoms with Crippen molar-refractivity contribution in [2.45, 2.75) is 56.7 Å². The van der Waals surface area contributed by atoms with E-state index in [1.54, 1.807) is 12.7 Å². The number of hydrogen-bond donors (Lipinski definition) is 0. The first-order chi connectivity index (χ1) is 9.39. The largest absolute Gasteiger partial charge is 0.497 e. The van der Waals surface area contributed by atoms with E-state index in [-0.39, 0.29) is 0 Å². The van der Waals surface area contributed by atoms with E-state index in [0.29, 0.717) is 15.7 Å². The van der Waals surface area contributed by atoms with Gasteiger partial charge in [-0.3, -0.25) is 0 Å². The maximum Gasteiger partial charge on any atom is 0.119 e. The fraction of sp³-hybridized carbons (Fsp3) is 0.667. The first kappa shape index (κ1) is 14.4. The molecule has 0 bridgehead atoms. The zero-order valence-electron chi connectivity index (χ0n) is 13.0. The molecule has 0 saturated heterocycles. The van der Waals surface area contributed by atoms with Crippen LogP contribution in [0, 0.1) is 11.3 Å². The Morgan fingerprint density at radius 1 is 1.20 bits per heavy atom. The molecule has 0 N–H and O–H groups in total. The lowest BCUT2D eigenvalue weighted by Crippen LogP contribution is -2.52. The van der Waals surface area contributed by atoms with Gasteiger partial charge in [0.1, 0.15) is 5.75 Å². The smallest absolute Gasteiger partial charge is 0.119 e. The van der Waals surface area contributed by atoms with Gasteiger partial charge in [0.25, 0.3) is 0 Å². The number of rotatable bonds is 1. The molecular formula is C18H25BrO. The molecule has 0 spiro atoms. The fourth-order valence-electron chi connectivity index (χ4n) is 4.76. The van der Waals surface area contributed by atoms with Gasteiger partial charge in [0.15, 0.2) is 0 Å². The summed E-state index contributed by atoms with van der Waals surface area (Å²) >= 11 is 3.94. The third-order valence-electron chi connectivity index (χ3n) is 6.03. The van der Waals surface area contributed by atoms with Gasteiger partial charge in [0.2, 0.25) is 0 Å². The van der Waals surface area contributed by atoms with Crippen molar-refractivity contribution in [3.8, 4) is 5.75 Å². The van der Waals surface area contributed by atoms with Crippen molar-refractivity contribution in [2.24, 2.45) is 11.3 Å². The van der Waals surface area contributed by atoms with Crippen LogP contribution in [0.4, 0.5) is 0 Å². The minimum absolute atomic E-state index is 0.301. The summed E-state index contributed by atoms with van der Waals surface area (Å²) in [5.74, 6) is 1.75. The van der Waals surface area contributed by atoms with E-state index in [1.165, 1.54) is 31.2 Å². The van der Waals surface area contributed by atoms with Gasteiger partial charge in [-0.2, -0.15) is 0 Å². The minimum Gasteiger partial charge on any atom is -0.497 e. The molecule has 110 valence electrons. The van der Waals surface area contributed by atoms with Gasteiger partial charge in [-0.05, 0) is 65.7 Å². The van der Waals surface area contributed by atoms with Crippen LogP contribution in [0.5, 0.6) is 5.75 Å². The summed E-state index contributed by atoms with van der Waals surface area (Å²) in [6.07, 6.45) is 5.06. The van der Waals surface area contributed by atoms with Crippen LogP contribution >= 0.6 is 15.9 Å². The number of fused-ring (bicyclic) bond motifs is 3. The molecule has 0 radical (unpaired) electrons. The second-order valence-electron chi connectivity index (χ2n) is 7.36. The normalized spacial score (nSPS) is 35.0. The number of alkyl halides is 1. The highest BCUT2D eigenvalue weighted by molar-refractivity contribution is 9.09. The number of aryl methyl sites for hydroxylation is 1. The van der Waals surface area contributed by atoms with Gasteiger partial charge in [-0.25, -0.2) is 0 Å². The molecule has 1 aromatic carbocycles. The number of halogens is 1. The Bertz CT molecular complexity index is 522. The van der Waals surface area contributed by atoms with Crippen molar-refractivity contribution in [1.29, 1.82) is 0 Å². The molecule has 1 fully saturated rings. The van der Waals surface area contributed by atoms with Crippen LogP contribution in [0.25, 0.3) is 0 Å². The van der Waals surface area contributed by atoms with E-state index in [2.05, 4.69) is 54.9 Å². The average Bonchev–Trinajstić information content (AvgIpc) is 2.43. The Morgan fingerprint density at radius 3 is 2.65 bits per heavy atom. The average molecular weight is 337 g/mol. The van der Waals surface area contributed by atoms with Crippen molar-refractivity contribution < 1.29 is 4.74 Å². The molecule has 1 saturated carbocycles. The van der Waals surface area contributed by atoms with Crippen LogP contribution < -0.4 is 4.74 Å². The van der Waals surface area contributed by atoms with Gasteiger partial charge in [0.05, 0.1) is 7.11 Å². The molecule has 2 heteroatoms. The minimum atomic E-state index is 0.301. The van der Waals surface area contributed by atoms with Crippen LogP contribution in [0.1, 0.15) is 51.2 Å². The summed E-state index contributed by atoms with van der Waals surface area (Å²) in [4.78, 5) is 0.639. The first-order valence-electron chi connectivity index (χ1n) is 7.71. The molecule has 2 aliphatic rings. The molecule has 0 heterocycles.